The fourth-order valence-corrected chi connectivity index (χ4v) is 2.81. The topological polar surface area (TPSA) is 26.3 Å². The molecule has 1 aliphatic rings. The summed E-state index contributed by atoms with van der Waals surface area (Å²) in [7, 11) is 0. The van der Waals surface area contributed by atoms with E-state index in [0.717, 1.165) is 5.56 Å². The van der Waals surface area contributed by atoms with Crippen LogP contribution in [-0.4, -0.2) is 12.1 Å². The van der Waals surface area contributed by atoms with Gasteiger partial charge in [0.05, 0.1) is 5.92 Å². The van der Waals surface area contributed by atoms with Gasteiger partial charge in [0, 0.05) is 6.42 Å². The highest BCUT2D eigenvalue weighted by Crippen LogP contribution is 2.40. The van der Waals surface area contributed by atoms with Crippen molar-refractivity contribution in [3.05, 3.63) is 35.9 Å². The first-order valence-corrected chi connectivity index (χ1v) is 7.21. The van der Waals surface area contributed by atoms with Crippen LogP contribution in [0.25, 0.3) is 0 Å². The summed E-state index contributed by atoms with van der Waals surface area (Å²) in [6.45, 7) is 0.176. The number of benzene rings is 1. The van der Waals surface area contributed by atoms with Gasteiger partial charge in [0.1, 0.15) is 6.61 Å². The van der Waals surface area contributed by atoms with Crippen molar-refractivity contribution >= 4 is 5.97 Å². The zero-order valence-corrected chi connectivity index (χ0v) is 11.7. The highest BCUT2D eigenvalue weighted by Gasteiger charge is 2.42. The molecule has 0 heterocycles. The molecule has 0 N–H and O–H groups in total. The molecule has 2 nitrogen and oxygen atoms in total. The molecule has 2 rings (SSSR count). The van der Waals surface area contributed by atoms with Crippen LogP contribution in [0.1, 0.15) is 37.7 Å². The van der Waals surface area contributed by atoms with Crippen molar-refractivity contribution < 1.29 is 22.7 Å². The summed E-state index contributed by atoms with van der Waals surface area (Å²) in [4.78, 5) is 11.7. The predicted molar refractivity (Wildman–Crippen MR) is 72.4 cm³/mol. The number of esters is 1. The van der Waals surface area contributed by atoms with E-state index in [1.807, 2.05) is 30.3 Å². The summed E-state index contributed by atoms with van der Waals surface area (Å²) in [6.07, 6.45) is -2.64. The van der Waals surface area contributed by atoms with Gasteiger partial charge in [-0.1, -0.05) is 36.8 Å². The van der Waals surface area contributed by atoms with E-state index in [1.165, 1.54) is 0 Å². The Balaban J connectivity index is 1.77. The Bertz CT molecular complexity index is 456. The van der Waals surface area contributed by atoms with Crippen LogP contribution >= 0.6 is 0 Å². The van der Waals surface area contributed by atoms with Crippen molar-refractivity contribution in [2.45, 2.75) is 44.9 Å². The first kappa shape index (κ1) is 15.9. The van der Waals surface area contributed by atoms with Gasteiger partial charge in [0.15, 0.2) is 0 Å². The molecule has 0 unspecified atom stereocenters. The number of alkyl halides is 3. The molecule has 21 heavy (non-hydrogen) atoms. The molecule has 1 aromatic carbocycles. The number of carbonyl (C=O) groups excluding carboxylic acids is 1. The van der Waals surface area contributed by atoms with E-state index in [1.54, 1.807) is 0 Å². The SMILES string of the molecule is O=C(C[C@@H]1CCC[C@H](C(F)(F)F)C1)OCc1ccccc1. The number of rotatable bonds is 4. The van der Waals surface area contributed by atoms with E-state index in [0.29, 0.717) is 12.8 Å². The second kappa shape index (κ2) is 6.96. The average molecular weight is 300 g/mol. The molecule has 0 spiro atoms. The largest absolute Gasteiger partial charge is 0.461 e. The minimum atomic E-state index is -4.15. The lowest BCUT2D eigenvalue weighted by Crippen LogP contribution is -2.29. The summed E-state index contributed by atoms with van der Waals surface area (Å²) < 4.78 is 43.2. The second-order valence-corrected chi connectivity index (χ2v) is 5.62. The van der Waals surface area contributed by atoms with E-state index >= 15 is 0 Å². The summed E-state index contributed by atoms with van der Waals surface area (Å²) in [5, 5.41) is 0. The van der Waals surface area contributed by atoms with Gasteiger partial charge in [0.25, 0.3) is 0 Å². The van der Waals surface area contributed by atoms with Crippen molar-refractivity contribution in [2.75, 3.05) is 0 Å². The van der Waals surface area contributed by atoms with Gasteiger partial charge >= 0.3 is 12.1 Å². The van der Waals surface area contributed by atoms with Crippen LogP contribution in [0, 0.1) is 11.8 Å². The molecule has 0 aromatic heterocycles. The molecule has 0 aliphatic heterocycles. The van der Waals surface area contributed by atoms with Crippen molar-refractivity contribution in [1.29, 1.82) is 0 Å². The second-order valence-electron chi connectivity index (χ2n) is 5.62. The minimum absolute atomic E-state index is 0.0456. The summed E-state index contributed by atoms with van der Waals surface area (Å²) in [5.74, 6) is -1.89. The molecule has 1 aromatic rings. The third kappa shape index (κ3) is 5.06. The van der Waals surface area contributed by atoms with Crippen LogP contribution < -0.4 is 0 Å². The molecule has 1 fully saturated rings. The highest BCUT2D eigenvalue weighted by atomic mass is 19.4. The predicted octanol–water partition coefficient (Wildman–Crippen LogP) is 4.49. The Kier molecular flexibility index (Phi) is 5.26. The van der Waals surface area contributed by atoms with Crippen molar-refractivity contribution in [3.63, 3.8) is 0 Å². The number of carbonyl (C=O) groups is 1. The third-order valence-corrected chi connectivity index (χ3v) is 3.94. The molecule has 0 radical (unpaired) electrons. The fraction of sp³-hybridized carbons (Fsp3) is 0.562. The number of halogens is 3. The molecule has 0 bridgehead atoms. The number of hydrogen-bond donors (Lipinski definition) is 0. The zero-order chi connectivity index (χ0) is 15.3. The van der Waals surface area contributed by atoms with Gasteiger partial charge in [-0.25, -0.2) is 0 Å². The Morgan fingerprint density at radius 3 is 2.57 bits per heavy atom. The molecule has 2 atom stereocenters. The van der Waals surface area contributed by atoms with Gasteiger partial charge in [0.2, 0.25) is 0 Å². The molecule has 116 valence electrons. The Hall–Kier alpha value is -1.52. The minimum Gasteiger partial charge on any atom is -0.461 e. The Morgan fingerprint density at radius 1 is 1.19 bits per heavy atom. The smallest absolute Gasteiger partial charge is 0.391 e. The standard InChI is InChI=1S/C16H19F3O2/c17-16(18,19)14-8-4-7-13(9-14)10-15(20)21-11-12-5-2-1-3-6-12/h1-3,5-6,13-14H,4,7-11H2/t13-,14+/m1/s1. The maximum atomic E-state index is 12.7. The van der Waals surface area contributed by atoms with Gasteiger partial charge in [-0.2, -0.15) is 13.2 Å². The molecule has 5 heteroatoms. The molecule has 1 aliphatic carbocycles. The van der Waals surface area contributed by atoms with Crippen LogP contribution in [0.2, 0.25) is 0 Å². The van der Waals surface area contributed by atoms with Crippen molar-refractivity contribution in [2.24, 2.45) is 11.8 Å². The van der Waals surface area contributed by atoms with Crippen LogP contribution in [-0.2, 0) is 16.1 Å². The molecular weight excluding hydrogens is 281 g/mol. The number of hydrogen-bond acceptors (Lipinski definition) is 2. The van der Waals surface area contributed by atoms with E-state index in [2.05, 4.69) is 0 Å². The average Bonchev–Trinajstić information content (AvgIpc) is 2.46. The first-order chi connectivity index (χ1) is 9.95. The zero-order valence-electron chi connectivity index (χ0n) is 11.7. The quantitative estimate of drug-likeness (QED) is 0.766. The Morgan fingerprint density at radius 2 is 1.90 bits per heavy atom. The van der Waals surface area contributed by atoms with Crippen LogP contribution in [0.5, 0.6) is 0 Å². The maximum Gasteiger partial charge on any atom is 0.391 e. The lowest BCUT2D eigenvalue weighted by Gasteiger charge is -2.29. The van der Waals surface area contributed by atoms with Gasteiger partial charge in [-0.3, -0.25) is 4.79 Å². The lowest BCUT2D eigenvalue weighted by molar-refractivity contribution is -0.187. The van der Waals surface area contributed by atoms with E-state index in [4.69, 9.17) is 4.74 Å². The molecule has 1 saturated carbocycles. The van der Waals surface area contributed by atoms with E-state index in [9.17, 15) is 18.0 Å². The van der Waals surface area contributed by atoms with Crippen molar-refractivity contribution in [1.82, 2.24) is 0 Å². The molecule has 0 saturated heterocycles. The van der Waals surface area contributed by atoms with Gasteiger partial charge in [-0.15, -0.1) is 0 Å². The van der Waals surface area contributed by atoms with Crippen LogP contribution in [0.3, 0.4) is 0 Å². The summed E-state index contributed by atoms with van der Waals surface area (Å²) in [5.41, 5.74) is 0.877. The molecule has 0 amide bonds. The lowest BCUT2D eigenvalue weighted by atomic mass is 9.79. The normalized spacial score (nSPS) is 22.8. The summed E-state index contributed by atoms with van der Waals surface area (Å²) in [6, 6.07) is 9.24. The Labute approximate surface area is 122 Å². The first-order valence-electron chi connectivity index (χ1n) is 7.21. The van der Waals surface area contributed by atoms with E-state index < -0.39 is 18.1 Å². The monoisotopic (exact) mass is 300 g/mol. The number of ether oxygens (including phenoxy) is 1. The highest BCUT2D eigenvalue weighted by molar-refractivity contribution is 5.69. The van der Waals surface area contributed by atoms with Crippen molar-refractivity contribution in [3.8, 4) is 0 Å². The molecular formula is C16H19F3O2. The van der Waals surface area contributed by atoms with Crippen LogP contribution in [0.4, 0.5) is 13.2 Å². The van der Waals surface area contributed by atoms with Gasteiger partial charge < -0.3 is 4.74 Å². The fourth-order valence-electron chi connectivity index (χ4n) is 2.81. The summed E-state index contributed by atoms with van der Waals surface area (Å²) >= 11 is 0. The van der Waals surface area contributed by atoms with E-state index in [-0.39, 0.29) is 31.8 Å². The van der Waals surface area contributed by atoms with Gasteiger partial charge in [-0.05, 0) is 30.7 Å². The third-order valence-electron chi connectivity index (χ3n) is 3.94. The van der Waals surface area contributed by atoms with Crippen LogP contribution in [0.15, 0.2) is 30.3 Å². The maximum absolute atomic E-state index is 12.7.